The van der Waals surface area contributed by atoms with Crippen molar-refractivity contribution in [3.63, 3.8) is 0 Å². The van der Waals surface area contributed by atoms with Crippen molar-refractivity contribution in [3.05, 3.63) is 30.6 Å². The summed E-state index contributed by atoms with van der Waals surface area (Å²) in [5, 5.41) is 10.8. The molecular formula is C17H21N7. The van der Waals surface area contributed by atoms with Gasteiger partial charge in [0.05, 0.1) is 5.69 Å². The summed E-state index contributed by atoms with van der Waals surface area (Å²) in [6.07, 6.45) is 3.76. The Balaban J connectivity index is 1.97. The number of nitrogens with zero attached hydrogens (tertiary/aromatic N) is 3. The minimum Gasteiger partial charge on any atom is -0.386 e. The predicted molar refractivity (Wildman–Crippen MR) is 97.0 cm³/mol. The van der Waals surface area contributed by atoms with E-state index in [1.807, 2.05) is 37.6 Å². The van der Waals surface area contributed by atoms with Crippen molar-refractivity contribution in [3.8, 4) is 11.1 Å². The molecule has 0 aliphatic heterocycles. The molecule has 0 fully saturated rings. The third-order valence-corrected chi connectivity index (χ3v) is 3.80. The van der Waals surface area contributed by atoms with Crippen LogP contribution in [0.5, 0.6) is 0 Å². The summed E-state index contributed by atoms with van der Waals surface area (Å²) >= 11 is 0. The Bertz CT molecular complexity index is 867. The standard InChI is InChI=1S/C17H21N7/c1-10(2)7-21-17-22-9-13-12(8-20-16(13)23-17)11-4-5-14(24-18)15(6-11)19-3/h4-6,8-10,18-19H,7H2,1-3H3,(H2,20,21,22,23). The van der Waals surface area contributed by atoms with Crippen LogP contribution in [0.15, 0.2) is 35.7 Å². The van der Waals surface area contributed by atoms with Gasteiger partial charge in [0.1, 0.15) is 11.3 Å². The summed E-state index contributed by atoms with van der Waals surface area (Å²) in [5.74, 6) is 1.16. The maximum absolute atomic E-state index is 7.21. The first-order valence-corrected chi connectivity index (χ1v) is 7.90. The van der Waals surface area contributed by atoms with E-state index in [0.29, 0.717) is 17.6 Å². The Kier molecular flexibility index (Phi) is 4.41. The summed E-state index contributed by atoms with van der Waals surface area (Å²) in [6, 6.07) is 5.75. The van der Waals surface area contributed by atoms with E-state index in [2.05, 4.69) is 44.5 Å². The highest BCUT2D eigenvalue weighted by Crippen LogP contribution is 2.33. The van der Waals surface area contributed by atoms with E-state index in [-0.39, 0.29) is 0 Å². The fraction of sp³-hybridized carbons (Fsp3) is 0.294. The van der Waals surface area contributed by atoms with Gasteiger partial charge in [0.15, 0.2) is 0 Å². The summed E-state index contributed by atoms with van der Waals surface area (Å²) in [6.45, 7) is 5.12. The van der Waals surface area contributed by atoms with Crippen molar-refractivity contribution < 1.29 is 0 Å². The third kappa shape index (κ3) is 3.05. The molecule has 3 aromatic rings. The van der Waals surface area contributed by atoms with Crippen molar-refractivity contribution in [2.45, 2.75) is 13.8 Å². The Hall–Kier alpha value is -2.96. The van der Waals surface area contributed by atoms with Crippen LogP contribution >= 0.6 is 0 Å². The molecule has 2 aromatic heterocycles. The average molecular weight is 323 g/mol. The summed E-state index contributed by atoms with van der Waals surface area (Å²) in [5.41, 5.74) is 11.5. The molecule has 1 aromatic carbocycles. The number of fused-ring (bicyclic) bond motifs is 1. The van der Waals surface area contributed by atoms with E-state index in [4.69, 9.17) is 5.53 Å². The highest BCUT2D eigenvalue weighted by Gasteiger charge is 2.11. The number of hydrogen-bond donors (Lipinski definition) is 4. The summed E-state index contributed by atoms with van der Waals surface area (Å²) < 4.78 is 0. The smallest absolute Gasteiger partial charge is 0.224 e. The SMILES string of the molecule is CNc1cc(-c2c[nH]c3nc(NCC(C)C)ncc23)ccc1N=N. The van der Waals surface area contributed by atoms with Gasteiger partial charge in [-0.3, -0.25) is 0 Å². The van der Waals surface area contributed by atoms with Gasteiger partial charge in [-0.05, 0) is 23.6 Å². The van der Waals surface area contributed by atoms with Crippen molar-refractivity contribution in [2.24, 2.45) is 11.0 Å². The number of rotatable bonds is 6. The fourth-order valence-corrected chi connectivity index (χ4v) is 2.53. The average Bonchev–Trinajstić information content (AvgIpc) is 3.02. The second-order valence-corrected chi connectivity index (χ2v) is 6.03. The first-order valence-electron chi connectivity index (χ1n) is 7.90. The molecule has 7 nitrogen and oxygen atoms in total. The summed E-state index contributed by atoms with van der Waals surface area (Å²) in [4.78, 5) is 12.1. The lowest BCUT2D eigenvalue weighted by molar-refractivity contribution is 0.685. The Morgan fingerprint density at radius 3 is 2.88 bits per heavy atom. The Morgan fingerprint density at radius 1 is 1.33 bits per heavy atom. The lowest BCUT2D eigenvalue weighted by Gasteiger charge is -2.08. The molecule has 0 aliphatic rings. The molecule has 24 heavy (non-hydrogen) atoms. The minimum absolute atomic E-state index is 0.532. The van der Waals surface area contributed by atoms with Crippen LogP contribution in [-0.2, 0) is 0 Å². The summed E-state index contributed by atoms with van der Waals surface area (Å²) in [7, 11) is 1.82. The normalized spacial score (nSPS) is 11.0. The number of anilines is 2. The van der Waals surface area contributed by atoms with Crippen LogP contribution < -0.4 is 10.6 Å². The molecule has 0 bridgehead atoms. The second-order valence-electron chi connectivity index (χ2n) is 6.03. The van der Waals surface area contributed by atoms with E-state index in [0.717, 1.165) is 34.4 Å². The molecule has 0 aliphatic carbocycles. The second kappa shape index (κ2) is 6.66. The zero-order valence-corrected chi connectivity index (χ0v) is 14.0. The third-order valence-electron chi connectivity index (χ3n) is 3.80. The Morgan fingerprint density at radius 2 is 2.17 bits per heavy atom. The van der Waals surface area contributed by atoms with Gasteiger partial charge < -0.3 is 15.6 Å². The molecule has 0 spiro atoms. The highest BCUT2D eigenvalue weighted by molar-refractivity contribution is 5.94. The number of H-pyrrole nitrogens is 1. The minimum atomic E-state index is 0.532. The van der Waals surface area contributed by atoms with Crippen LogP contribution in [0.2, 0.25) is 0 Å². The molecule has 0 atom stereocenters. The molecule has 2 heterocycles. The Labute approximate surface area is 140 Å². The molecule has 124 valence electrons. The molecule has 0 radical (unpaired) electrons. The van der Waals surface area contributed by atoms with Crippen LogP contribution in [-0.4, -0.2) is 28.5 Å². The van der Waals surface area contributed by atoms with Crippen molar-refractivity contribution in [1.29, 1.82) is 5.53 Å². The number of nitrogens with one attached hydrogen (secondary N) is 4. The van der Waals surface area contributed by atoms with Crippen LogP contribution in [0.3, 0.4) is 0 Å². The molecule has 0 saturated carbocycles. The molecule has 7 heteroatoms. The highest BCUT2D eigenvalue weighted by atomic mass is 15.1. The van der Waals surface area contributed by atoms with E-state index in [1.165, 1.54) is 0 Å². The topological polar surface area (TPSA) is 102 Å². The van der Waals surface area contributed by atoms with Gasteiger partial charge in [0.25, 0.3) is 0 Å². The molecule has 0 amide bonds. The van der Waals surface area contributed by atoms with Crippen molar-refractivity contribution >= 4 is 28.4 Å². The first-order chi connectivity index (χ1) is 11.6. The number of benzene rings is 1. The van der Waals surface area contributed by atoms with Crippen LogP contribution in [0.4, 0.5) is 17.3 Å². The maximum Gasteiger partial charge on any atom is 0.224 e. The van der Waals surface area contributed by atoms with E-state index >= 15 is 0 Å². The van der Waals surface area contributed by atoms with E-state index < -0.39 is 0 Å². The quantitative estimate of drug-likeness (QED) is 0.505. The van der Waals surface area contributed by atoms with Gasteiger partial charge in [0.2, 0.25) is 5.95 Å². The molecule has 0 unspecified atom stereocenters. The van der Waals surface area contributed by atoms with Gasteiger partial charge in [-0.1, -0.05) is 19.9 Å². The lowest BCUT2D eigenvalue weighted by Crippen LogP contribution is -2.10. The van der Waals surface area contributed by atoms with Gasteiger partial charge in [-0.2, -0.15) is 10.1 Å². The largest absolute Gasteiger partial charge is 0.386 e. The molecular weight excluding hydrogens is 302 g/mol. The molecule has 3 rings (SSSR count). The van der Waals surface area contributed by atoms with Gasteiger partial charge in [-0.25, -0.2) is 10.5 Å². The number of hydrogen-bond acceptors (Lipinski definition) is 6. The van der Waals surface area contributed by atoms with Crippen LogP contribution in [0, 0.1) is 11.4 Å². The lowest BCUT2D eigenvalue weighted by atomic mass is 10.1. The van der Waals surface area contributed by atoms with Gasteiger partial charge in [-0.15, -0.1) is 0 Å². The predicted octanol–water partition coefficient (Wildman–Crippen LogP) is 4.40. The van der Waals surface area contributed by atoms with E-state index in [9.17, 15) is 0 Å². The maximum atomic E-state index is 7.21. The van der Waals surface area contributed by atoms with E-state index in [1.54, 1.807) is 0 Å². The van der Waals surface area contributed by atoms with Gasteiger partial charge >= 0.3 is 0 Å². The van der Waals surface area contributed by atoms with Crippen molar-refractivity contribution in [2.75, 3.05) is 24.2 Å². The first kappa shape index (κ1) is 15.9. The molecule has 0 saturated heterocycles. The zero-order valence-electron chi connectivity index (χ0n) is 14.0. The van der Waals surface area contributed by atoms with Crippen LogP contribution in [0.1, 0.15) is 13.8 Å². The number of aromatic amines is 1. The zero-order chi connectivity index (χ0) is 17.1. The number of aromatic nitrogens is 3. The van der Waals surface area contributed by atoms with Crippen molar-refractivity contribution in [1.82, 2.24) is 15.0 Å². The van der Waals surface area contributed by atoms with Gasteiger partial charge in [0, 0.05) is 36.9 Å². The monoisotopic (exact) mass is 323 g/mol. The molecule has 4 N–H and O–H groups in total. The van der Waals surface area contributed by atoms with Crippen LogP contribution in [0.25, 0.3) is 22.2 Å². The fourth-order valence-electron chi connectivity index (χ4n) is 2.53.